The Morgan fingerprint density at radius 3 is 2.96 bits per heavy atom. The lowest BCUT2D eigenvalue weighted by atomic mass is 10.2. The fraction of sp³-hybridized carbons (Fsp3) is 0.462. The molecule has 1 aliphatic heterocycles. The van der Waals surface area contributed by atoms with Crippen molar-refractivity contribution < 1.29 is 14.2 Å². The molecular formula is C13H14ClN5O4. The second-order valence-corrected chi connectivity index (χ2v) is 5.63. The van der Waals surface area contributed by atoms with Crippen molar-refractivity contribution in [2.45, 2.75) is 25.5 Å². The molecule has 2 aromatic heterocycles. The lowest BCUT2D eigenvalue weighted by molar-refractivity contribution is -0.384. The molecule has 2 unspecified atom stereocenters. The first-order valence-corrected chi connectivity index (χ1v) is 7.27. The molecule has 0 bridgehead atoms. The Labute approximate surface area is 136 Å². The van der Waals surface area contributed by atoms with Gasteiger partial charge in [-0.15, -0.1) is 0 Å². The van der Waals surface area contributed by atoms with Gasteiger partial charge in [-0.3, -0.25) is 10.1 Å². The molecule has 0 amide bonds. The summed E-state index contributed by atoms with van der Waals surface area (Å²) in [7, 11) is 1.59. The molecule has 10 heteroatoms. The highest BCUT2D eigenvalue weighted by molar-refractivity contribution is 6.30. The number of nitrogens with zero attached hydrogens (tertiary/aromatic N) is 5. The predicted molar refractivity (Wildman–Crippen MR) is 80.4 cm³/mol. The van der Waals surface area contributed by atoms with E-state index in [9.17, 15) is 10.1 Å². The van der Waals surface area contributed by atoms with Gasteiger partial charge in [-0.1, -0.05) is 16.8 Å². The van der Waals surface area contributed by atoms with Crippen molar-refractivity contribution in [3.8, 4) is 0 Å². The van der Waals surface area contributed by atoms with Crippen molar-refractivity contribution in [2.75, 3.05) is 18.6 Å². The van der Waals surface area contributed by atoms with Gasteiger partial charge in [-0.2, -0.15) is 4.98 Å². The summed E-state index contributed by atoms with van der Waals surface area (Å²) in [4.78, 5) is 20.9. The number of pyridine rings is 1. The van der Waals surface area contributed by atoms with Crippen LogP contribution in [0.5, 0.6) is 0 Å². The van der Waals surface area contributed by atoms with E-state index in [0.717, 1.165) is 0 Å². The number of ether oxygens (including phenoxy) is 1. The molecule has 0 N–H and O–H groups in total. The van der Waals surface area contributed by atoms with Crippen molar-refractivity contribution in [3.05, 3.63) is 39.1 Å². The molecule has 0 aromatic carbocycles. The highest BCUT2D eigenvalue weighted by Gasteiger charge is 2.40. The van der Waals surface area contributed by atoms with E-state index in [2.05, 4.69) is 15.1 Å². The van der Waals surface area contributed by atoms with Gasteiger partial charge >= 0.3 is 5.69 Å². The topological polar surface area (TPSA) is 107 Å². The molecule has 2 atom stereocenters. The zero-order valence-corrected chi connectivity index (χ0v) is 13.2. The first kappa shape index (κ1) is 15.6. The normalized spacial score (nSPS) is 20.9. The van der Waals surface area contributed by atoms with Crippen LogP contribution in [0.15, 0.2) is 16.8 Å². The number of nitro groups is 1. The molecule has 3 rings (SSSR count). The van der Waals surface area contributed by atoms with E-state index in [4.69, 9.17) is 20.9 Å². The standard InChI is InChI=1S/C13H14ClN5O4/c1-7-16-13(23-17-7)11-4-9(22-2)6-18(11)12-10(19(20)21)3-8(14)5-15-12/h3,5,9,11H,4,6H2,1-2H3. The number of aromatic nitrogens is 3. The van der Waals surface area contributed by atoms with Crippen molar-refractivity contribution in [1.29, 1.82) is 0 Å². The number of methoxy groups -OCH3 is 1. The van der Waals surface area contributed by atoms with E-state index < -0.39 is 4.92 Å². The van der Waals surface area contributed by atoms with Crippen LogP contribution in [0.4, 0.5) is 11.5 Å². The van der Waals surface area contributed by atoms with Gasteiger partial charge in [0, 0.05) is 32.3 Å². The molecule has 0 aliphatic carbocycles. The van der Waals surface area contributed by atoms with E-state index in [-0.39, 0.29) is 28.7 Å². The van der Waals surface area contributed by atoms with Crippen LogP contribution in [0.25, 0.3) is 0 Å². The van der Waals surface area contributed by atoms with Crippen molar-refractivity contribution in [3.63, 3.8) is 0 Å². The quantitative estimate of drug-likeness (QED) is 0.616. The summed E-state index contributed by atoms with van der Waals surface area (Å²) >= 11 is 5.83. The van der Waals surface area contributed by atoms with E-state index in [1.807, 2.05) is 0 Å². The fourth-order valence-corrected chi connectivity index (χ4v) is 2.81. The summed E-state index contributed by atoms with van der Waals surface area (Å²) in [6, 6.07) is 0.939. The van der Waals surface area contributed by atoms with E-state index >= 15 is 0 Å². The average molecular weight is 340 g/mol. The number of hydrogen-bond donors (Lipinski definition) is 0. The Morgan fingerprint density at radius 2 is 2.35 bits per heavy atom. The number of halogens is 1. The van der Waals surface area contributed by atoms with Crippen molar-refractivity contribution in [1.82, 2.24) is 15.1 Å². The summed E-state index contributed by atoms with van der Waals surface area (Å²) in [5, 5.41) is 15.3. The SMILES string of the molecule is COC1CC(c2nc(C)no2)N(c2ncc(Cl)cc2[N+](=O)[O-])C1. The van der Waals surface area contributed by atoms with Gasteiger partial charge in [0.2, 0.25) is 11.7 Å². The van der Waals surface area contributed by atoms with Gasteiger partial charge in [-0.05, 0) is 6.92 Å². The van der Waals surface area contributed by atoms with E-state index in [1.165, 1.54) is 12.3 Å². The monoisotopic (exact) mass is 339 g/mol. The second-order valence-electron chi connectivity index (χ2n) is 5.19. The maximum absolute atomic E-state index is 11.3. The minimum absolute atomic E-state index is 0.121. The molecule has 9 nitrogen and oxygen atoms in total. The minimum Gasteiger partial charge on any atom is -0.380 e. The lowest BCUT2D eigenvalue weighted by Crippen LogP contribution is -2.26. The third-order valence-corrected chi connectivity index (χ3v) is 3.91. The van der Waals surface area contributed by atoms with Crippen LogP contribution in [0.1, 0.15) is 24.2 Å². The van der Waals surface area contributed by atoms with Crippen LogP contribution < -0.4 is 4.90 Å². The molecule has 122 valence electrons. The summed E-state index contributed by atoms with van der Waals surface area (Å²) < 4.78 is 10.6. The fourth-order valence-electron chi connectivity index (χ4n) is 2.66. The van der Waals surface area contributed by atoms with Gasteiger partial charge in [0.1, 0.15) is 6.04 Å². The van der Waals surface area contributed by atoms with Crippen molar-refractivity contribution >= 4 is 23.1 Å². The summed E-state index contributed by atoms with van der Waals surface area (Å²) in [5.41, 5.74) is -0.171. The first-order chi connectivity index (χ1) is 11.0. The van der Waals surface area contributed by atoms with Crippen LogP contribution in [0.3, 0.4) is 0 Å². The molecule has 1 saturated heterocycles. The maximum Gasteiger partial charge on any atom is 0.313 e. The van der Waals surface area contributed by atoms with Gasteiger partial charge in [0.05, 0.1) is 16.0 Å². The predicted octanol–water partition coefficient (Wildman–Crippen LogP) is 2.30. The highest BCUT2D eigenvalue weighted by atomic mass is 35.5. The Hall–Kier alpha value is -2.26. The molecule has 1 fully saturated rings. The van der Waals surface area contributed by atoms with Gasteiger partial charge in [0.25, 0.3) is 0 Å². The van der Waals surface area contributed by atoms with Crippen LogP contribution >= 0.6 is 11.6 Å². The molecule has 2 aromatic rings. The second kappa shape index (κ2) is 6.09. The van der Waals surface area contributed by atoms with Gasteiger partial charge in [-0.25, -0.2) is 4.98 Å². The first-order valence-electron chi connectivity index (χ1n) is 6.89. The van der Waals surface area contributed by atoms with E-state index in [1.54, 1.807) is 18.9 Å². The number of hydrogen-bond acceptors (Lipinski definition) is 8. The highest BCUT2D eigenvalue weighted by Crippen LogP contribution is 2.40. The van der Waals surface area contributed by atoms with Crippen LogP contribution in [-0.2, 0) is 4.74 Å². The molecule has 23 heavy (non-hydrogen) atoms. The third-order valence-electron chi connectivity index (χ3n) is 3.71. The molecule has 0 radical (unpaired) electrons. The Morgan fingerprint density at radius 1 is 1.57 bits per heavy atom. The minimum atomic E-state index is -0.509. The van der Waals surface area contributed by atoms with Crippen LogP contribution in [0.2, 0.25) is 5.02 Å². The number of rotatable bonds is 4. The lowest BCUT2D eigenvalue weighted by Gasteiger charge is -2.22. The van der Waals surface area contributed by atoms with Gasteiger partial charge in [0.15, 0.2) is 5.82 Å². The van der Waals surface area contributed by atoms with Crippen LogP contribution in [0, 0.1) is 17.0 Å². The molecule has 3 heterocycles. The zero-order valence-electron chi connectivity index (χ0n) is 12.5. The molecule has 0 saturated carbocycles. The van der Waals surface area contributed by atoms with Crippen molar-refractivity contribution in [2.24, 2.45) is 0 Å². The van der Waals surface area contributed by atoms with Gasteiger partial charge < -0.3 is 14.2 Å². The largest absolute Gasteiger partial charge is 0.380 e. The van der Waals surface area contributed by atoms with Crippen LogP contribution in [-0.4, -0.2) is 39.8 Å². The molecule has 0 spiro atoms. The Bertz CT molecular complexity index is 737. The maximum atomic E-state index is 11.3. The summed E-state index contributed by atoms with van der Waals surface area (Å²) in [5.74, 6) is 1.09. The smallest absolute Gasteiger partial charge is 0.313 e. The summed E-state index contributed by atoms with van der Waals surface area (Å²) in [6.07, 6.45) is 1.82. The van der Waals surface area contributed by atoms with E-state index in [0.29, 0.717) is 24.7 Å². The number of aryl methyl sites for hydroxylation is 1. The Balaban J connectivity index is 2.03. The third kappa shape index (κ3) is 2.97. The molecular weight excluding hydrogens is 326 g/mol. The Kier molecular flexibility index (Phi) is 4.14. The molecule has 1 aliphatic rings. The number of anilines is 1. The summed E-state index contributed by atoms with van der Waals surface area (Å²) in [6.45, 7) is 2.14. The zero-order chi connectivity index (χ0) is 16.6. The average Bonchev–Trinajstić information content (AvgIpc) is 3.13.